The number of thiol groups is 1. The van der Waals surface area contributed by atoms with E-state index in [1.54, 1.807) is 24.3 Å². The first-order valence-electron chi connectivity index (χ1n) is 9.11. The molecule has 11 nitrogen and oxygen atoms in total. The van der Waals surface area contributed by atoms with Crippen molar-refractivity contribution >= 4 is 30.0 Å². The Morgan fingerprint density at radius 3 is 2.56 bits per heavy atom. The Morgan fingerprint density at radius 2 is 1.91 bits per heavy atom. The van der Waals surface area contributed by atoms with Crippen LogP contribution in [0.25, 0.3) is 0 Å². The van der Waals surface area contributed by atoms with Gasteiger partial charge in [0, 0.05) is 17.7 Å². The van der Waals surface area contributed by atoms with E-state index < -0.39 is 16.1 Å². The van der Waals surface area contributed by atoms with E-state index in [1.165, 1.54) is 38.5 Å². The summed E-state index contributed by atoms with van der Waals surface area (Å²) in [5.41, 5.74) is 0.926. The van der Waals surface area contributed by atoms with Gasteiger partial charge in [-0.2, -0.15) is 12.6 Å². The third kappa shape index (κ3) is 5.21. The molecule has 1 aromatic heterocycles. The van der Waals surface area contributed by atoms with Gasteiger partial charge in [0.05, 0.1) is 12.0 Å². The summed E-state index contributed by atoms with van der Waals surface area (Å²) in [6.07, 6.45) is 0. The number of nitro benzene ring substituents is 1. The van der Waals surface area contributed by atoms with Gasteiger partial charge in [-0.05, 0) is 17.7 Å². The van der Waals surface area contributed by atoms with E-state index in [2.05, 4.69) is 28.0 Å². The molecule has 0 aliphatic rings. The number of carbonyl (C=O) groups is 1. The zero-order chi connectivity index (χ0) is 23.1. The first kappa shape index (κ1) is 22.7. The molecule has 3 aromatic rings. The molecule has 0 aliphatic heterocycles. The van der Waals surface area contributed by atoms with Crippen LogP contribution in [0.1, 0.15) is 28.2 Å². The average molecular weight is 458 g/mol. The van der Waals surface area contributed by atoms with Crippen LogP contribution in [0.5, 0.6) is 5.75 Å². The van der Waals surface area contributed by atoms with Crippen LogP contribution in [-0.2, 0) is 21.0 Å². The smallest absolute Gasteiger partial charge is 0.360 e. The van der Waals surface area contributed by atoms with Gasteiger partial charge in [-0.1, -0.05) is 29.4 Å². The minimum atomic E-state index is -0.682. The third-order valence-corrected chi connectivity index (χ3v) is 4.70. The lowest BCUT2D eigenvalue weighted by Crippen LogP contribution is -2.20. The summed E-state index contributed by atoms with van der Waals surface area (Å²) < 4.78 is 15.9. The Kier molecular flexibility index (Phi) is 7.39. The summed E-state index contributed by atoms with van der Waals surface area (Å²) >= 11 is 4.57. The molecule has 0 fully saturated rings. The third-order valence-electron chi connectivity index (χ3n) is 4.20. The second kappa shape index (κ2) is 10.4. The molecule has 0 spiro atoms. The van der Waals surface area contributed by atoms with Crippen LogP contribution in [0.15, 0.2) is 58.1 Å². The molecule has 0 saturated heterocycles. The number of hydrogen-bond acceptors (Lipinski definition) is 11. The van der Waals surface area contributed by atoms with E-state index in [0.717, 1.165) is 0 Å². The average Bonchev–Trinajstić information content (AvgIpc) is 3.29. The van der Waals surface area contributed by atoms with E-state index in [4.69, 9.17) is 18.7 Å². The monoisotopic (exact) mass is 458 g/mol. The first-order valence-corrected chi connectivity index (χ1v) is 9.62. The number of nitrogens with zero attached hydrogens (tertiary/aromatic N) is 4. The predicted molar refractivity (Wildman–Crippen MR) is 115 cm³/mol. The fraction of sp³-hybridized carbons (Fsp3) is 0.200. The van der Waals surface area contributed by atoms with E-state index in [9.17, 15) is 14.9 Å². The molecule has 1 atom stereocenters. The van der Waals surface area contributed by atoms with E-state index >= 15 is 0 Å². The fourth-order valence-corrected chi connectivity index (χ4v) is 3.04. The van der Waals surface area contributed by atoms with Crippen LogP contribution in [0.4, 0.5) is 5.69 Å². The fourth-order valence-electron chi connectivity index (χ4n) is 2.71. The summed E-state index contributed by atoms with van der Waals surface area (Å²) in [7, 11) is 2.56. The molecule has 1 unspecified atom stereocenters. The number of rotatable bonds is 9. The normalized spacial score (nSPS) is 12.2. The zero-order valence-corrected chi connectivity index (χ0v) is 17.9. The maximum Gasteiger partial charge on any atom is 0.360 e. The molecule has 1 heterocycles. The van der Waals surface area contributed by atoms with Crippen molar-refractivity contribution in [1.82, 2.24) is 10.2 Å². The molecule has 0 radical (unpaired) electrons. The van der Waals surface area contributed by atoms with Gasteiger partial charge in [0.1, 0.15) is 18.1 Å². The molecule has 0 bridgehead atoms. The zero-order valence-electron chi connectivity index (χ0n) is 17.0. The quantitative estimate of drug-likeness (QED) is 0.168. The molecule has 32 heavy (non-hydrogen) atoms. The molecule has 0 saturated carbocycles. The highest BCUT2D eigenvalue weighted by molar-refractivity contribution is 7.80. The number of aromatic nitrogens is 2. The summed E-state index contributed by atoms with van der Waals surface area (Å²) in [6.45, 7) is -0.0501. The molecule has 12 heteroatoms. The van der Waals surface area contributed by atoms with Crippen LogP contribution in [0.2, 0.25) is 0 Å². The number of oxime groups is 1. The maximum absolute atomic E-state index is 12.1. The standard InChI is InChI=1S/C20H18N4O7S/c1-28-20(25)17(23-29-2)14-5-3-4-6-15(14)18(32)19-22-21-16(31-19)11-30-13-9-7-12(8-10-13)24(26)27/h3-10,18,32H,11H2,1-2H3. The van der Waals surface area contributed by atoms with Crippen LogP contribution in [0.3, 0.4) is 0 Å². The second-order valence-electron chi connectivity index (χ2n) is 6.18. The molecular formula is C20H18N4O7S. The van der Waals surface area contributed by atoms with Crippen molar-refractivity contribution in [2.45, 2.75) is 11.9 Å². The molecule has 0 amide bonds. The Hall–Kier alpha value is -3.93. The second-order valence-corrected chi connectivity index (χ2v) is 6.69. The van der Waals surface area contributed by atoms with Crippen molar-refractivity contribution < 1.29 is 28.4 Å². The van der Waals surface area contributed by atoms with Crippen molar-refractivity contribution in [2.24, 2.45) is 5.16 Å². The summed E-state index contributed by atoms with van der Waals surface area (Å²) in [5, 5.41) is 21.7. The molecule has 0 N–H and O–H groups in total. The van der Waals surface area contributed by atoms with Gasteiger partial charge < -0.3 is 18.7 Å². The van der Waals surface area contributed by atoms with Gasteiger partial charge >= 0.3 is 5.97 Å². The van der Waals surface area contributed by atoms with Gasteiger partial charge in [-0.3, -0.25) is 10.1 Å². The number of hydrogen-bond donors (Lipinski definition) is 1. The summed E-state index contributed by atoms with van der Waals surface area (Å²) in [4.78, 5) is 27.1. The molecule has 0 aliphatic carbocycles. The highest BCUT2D eigenvalue weighted by atomic mass is 32.1. The summed E-state index contributed by atoms with van der Waals surface area (Å²) in [6, 6.07) is 12.5. The number of esters is 1. The Morgan fingerprint density at radius 1 is 1.19 bits per heavy atom. The van der Waals surface area contributed by atoms with Crippen LogP contribution >= 0.6 is 12.6 Å². The molecule has 2 aromatic carbocycles. The van der Waals surface area contributed by atoms with Gasteiger partial charge in [0.25, 0.3) is 11.6 Å². The van der Waals surface area contributed by atoms with Crippen molar-refractivity contribution in [3.63, 3.8) is 0 Å². The predicted octanol–water partition coefficient (Wildman–Crippen LogP) is 3.10. The largest absolute Gasteiger partial charge is 0.484 e. The van der Waals surface area contributed by atoms with Gasteiger partial charge in [-0.25, -0.2) is 4.79 Å². The van der Waals surface area contributed by atoms with Crippen molar-refractivity contribution in [2.75, 3.05) is 14.2 Å². The maximum atomic E-state index is 12.1. The van der Waals surface area contributed by atoms with Crippen LogP contribution in [0, 0.1) is 10.1 Å². The number of benzene rings is 2. The van der Waals surface area contributed by atoms with Crippen LogP contribution < -0.4 is 4.74 Å². The minimum Gasteiger partial charge on any atom is -0.484 e. The topological polar surface area (TPSA) is 139 Å². The Balaban J connectivity index is 1.77. The van der Waals surface area contributed by atoms with Gasteiger partial charge in [-0.15, -0.1) is 10.2 Å². The van der Waals surface area contributed by atoms with Crippen molar-refractivity contribution in [3.05, 3.63) is 81.6 Å². The number of nitro groups is 1. The molecule has 166 valence electrons. The summed E-state index contributed by atoms with van der Waals surface area (Å²) in [5.74, 6) is 0.0718. The lowest BCUT2D eigenvalue weighted by molar-refractivity contribution is -0.384. The first-order chi connectivity index (χ1) is 15.4. The molecular weight excluding hydrogens is 440 g/mol. The number of methoxy groups -OCH3 is 1. The van der Waals surface area contributed by atoms with Crippen molar-refractivity contribution in [1.29, 1.82) is 0 Å². The van der Waals surface area contributed by atoms with Crippen LogP contribution in [-0.4, -0.2) is 41.0 Å². The highest BCUT2D eigenvalue weighted by Crippen LogP contribution is 2.31. The van der Waals surface area contributed by atoms with E-state index in [1.807, 2.05) is 0 Å². The molecule has 3 rings (SSSR count). The number of carbonyl (C=O) groups excluding carboxylic acids is 1. The van der Waals surface area contributed by atoms with Crippen molar-refractivity contribution in [3.8, 4) is 5.75 Å². The SMILES string of the molecule is CON=C(C(=O)OC)c1ccccc1C(S)c1nnc(COc2ccc([N+](=O)[O-])cc2)o1. The Labute approximate surface area is 187 Å². The van der Waals surface area contributed by atoms with Gasteiger partial charge in [0.15, 0.2) is 12.3 Å². The van der Waals surface area contributed by atoms with Gasteiger partial charge in [0.2, 0.25) is 5.89 Å². The lowest BCUT2D eigenvalue weighted by atomic mass is 10.00. The van der Waals surface area contributed by atoms with E-state index in [0.29, 0.717) is 16.9 Å². The Bertz CT molecular complexity index is 1130. The number of non-ortho nitro benzene ring substituents is 1. The minimum absolute atomic E-state index is 0.0362. The van der Waals surface area contributed by atoms with E-state index in [-0.39, 0.29) is 29.8 Å². The lowest BCUT2D eigenvalue weighted by Gasteiger charge is -2.13. The number of ether oxygens (including phenoxy) is 2. The highest BCUT2D eigenvalue weighted by Gasteiger charge is 2.25.